The summed E-state index contributed by atoms with van der Waals surface area (Å²) in [5, 5.41) is 29.4. The summed E-state index contributed by atoms with van der Waals surface area (Å²) in [5.41, 5.74) is 0.157. The first kappa shape index (κ1) is 13.4. The fraction of sp³-hybridized carbons (Fsp3) is 0.214. The topological polar surface area (TPSA) is 102 Å². The van der Waals surface area contributed by atoms with E-state index in [0.717, 1.165) is 0 Å². The second kappa shape index (κ2) is 6.24. The van der Waals surface area contributed by atoms with Gasteiger partial charge in [-0.1, -0.05) is 12.1 Å². The summed E-state index contributed by atoms with van der Waals surface area (Å²) in [4.78, 5) is 0. The lowest BCUT2D eigenvalue weighted by Crippen LogP contribution is -2.38. The van der Waals surface area contributed by atoms with E-state index in [1.807, 2.05) is 0 Å². The molecule has 0 unspecified atom stereocenters. The third-order valence-corrected chi connectivity index (χ3v) is 2.63. The summed E-state index contributed by atoms with van der Waals surface area (Å²) in [6, 6.07) is 12.2. The third-order valence-electron chi connectivity index (χ3n) is 2.63. The van der Waals surface area contributed by atoms with Gasteiger partial charge in [0.25, 0.3) is 0 Å². The molecule has 1 N–H and O–H groups in total. The Labute approximate surface area is 116 Å². The molecule has 1 aromatic carbocycles. The molecule has 20 heavy (non-hydrogen) atoms. The molecule has 0 saturated carbocycles. The van der Waals surface area contributed by atoms with Crippen LogP contribution in [0.2, 0.25) is 0 Å². The molecule has 0 amide bonds. The van der Waals surface area contributed by atoms with Crippen LogP contribution >= 0.6 is 0 Å². The Kier molecular flexibility index (Phi) is 4.19. The van der Waals surface area contributed by atoms with Crippen LogP contribution in [0, 0.1) is 34.0 Å². The number of hydrogen-bond donors (Lipinski definition) is 1. The van der Waals surface area contributed by atoms with Crippen molar-refractivity contribution in [2.24, 2.45) is 0 Å². The molecule has 0 spiro atoms. The van der Waals surface area contributed by atoms with Crippen LogP contribution in [-0.2, 0) is 4.74 Å². The van der Waals surface area contributed by atoms with Crippen LogP contribution in [0.1, 0.15) is 0 Å². The van der Waals surface area contributed by atoms with E-state index >= 15 is 0 Å². The van der Waals surface area contributed by atoms with Crippen molar-refractivity contribution in [3.05, 3.63) is 35.5 Å². The van der Waals surface area contributed by atoms with Gasteiger partial charge < -0.3 is 14.8 Å². The van der Waals surface area contributed by atoms with E-state index < -0.39 is 0 Å². The van der Waals surface area contributed by atoms with Crippen molar-refractivity contribution in [1.29, 1.82) is 15.8 Å². The number of nitrogens with one attached hydrogen (secondary N) is 1. The molecule has 98 valence electrons. The van der Waals surface area contributed by atoms with E-state index in [9.17, 15) is 0 Å². The number of benzene rings is 1. The summed E-state index contributed by atoms with van der Waals surface area (Å²) in [7, 11) is 0. The summed E-state index contributed by atoms with van der Waals surface area (Å²) in [6.45, 7) is 1.05. The first-order valence-electron chi connectivity index (χ1n) is 5.83. The maximum absolute atomic E-state index is 9.02. The minimum atomic E-state index is -0.269. The SMILES string of the molecule is N#CC(C#N)=C(C#N)Nc1ccccc1OC1COC1. The van der Waals surface area contributed by atoms with Crippen LogP contribution < -0.4 is 10.1 Å². The highest BCUT2D eigenvalue weighted by molar-refractivity contribution is 5.64. The van der Waals surface area contributed by atoms with Gasteiger partial charge in [0, 0.05) is 0 Å². The number of rotatable bonds is 4. The fourth-order valence-corrected chi connectivity index (χ4v) is 1.55. The van der Waals surface area contributed by atoms with Gasteiger partial charge >= 0.3 is 0 Å². The Balaban J connectivity index is 2.25. The van der Waals surface area contributed by atoms with Gasteiger partial charge in [-0.3, -0.25) is 0 Å². The molecule has 0 radical (unpaired) electrons. The van der Waals surface area contributed by atoms with E-state index in [0.29, 0.717) is 24.7 Å². The molecule has 0 aromatic heterocycles. The molecule has 6 heteroatoms. The fourth-order valence-electron chi connectivity index (χ4n) is 1.55. The summed E-state index contributed by atoms with van der Waals surface area (Å²) in [5.74, 6) is 0.545. The Morgan fingerprint density at radius 3 is 2.40 bits per heavy atom. The molecule has 6 nitrogen and oxygen atoms in total. The minimum absolute atomic E-state index is 0.0149. The molecule has 0 aliphatic carbocycles. The van der Waals surface area contributed by atoms with Crippen LogP contribution in [0.3, 0.4) is 0 Å². The predicted octanol–water partition coefficient (Wildman–Crippen LogP) is 1.70. The molecular weight excluding hydrogens is 256 g/mol. The zero-order valence-corrected chi connectivity index (χ0v) is 10.5. The van der Waals surface area contributed by atoms with Gasteiger partial charge in [0.05, 0.1) is 18.9 Å². The number of allylic oxidation sites excluding steroid dienone is 2. The normalized spacial score (nSPS) is 13.1. The smallest absolute Gasteiger partial charge is 0.163 e. The van der Waals surface area contributed by atoms with Gasteiger partial charge in [-0.25, -0.2) is 0 Å². The van der Waals surface area contributed by atoms with Crippen molar-refractivity contribution >= 4 is 5.69 Å². The molecule has 0 bridgehead atoms. The molecule has 1 fully saturated rings. The summed E-state index contributed by atoms with van der Waals surface area (Å²) in [6.07, 6.45) is -0.0149. The molecule has 1 heterocycles. The second-order valence-corrected chi connectivity index (χ2v) is 3.98. The third kappa shape index (κ3) is 2.87. The predicted molar refractivity (Wildman–Crippen MR) is 69.2 cm³/mol. The maximum atomic E-state index is 9.02. The molecule has 2 rings (SSSR count). The first-order valence-corrected chi connectivity index (χ1v) is 5.83. The second-order valence-electron chi connectivity index (χ2n) is 3.98. The molecule has 1 aromatic rings. The Hall–Kier alpha value is -3.01. The van der Waals surface area contributed by atoms with Crippen molar-refractivity contribution in [3.8, 4) is 24.0 Å². The Morgan fingerprint density at radius 2 is 1.85 bits per heavy atom. The molecule has 1 aliphatic heterocycles. The molecular formula is C14H10N4O2. The van der Waals surface area contributed by atoms with Crippen molar-refractivity contribution in [1.82, 2.24) is 0 Å². The van der Waals surface area contributed by atoms with Gasteiger partial charge in [-0.05, 0) is 12.1 Å². The lowest BCUT2D eigenvalue weighted by molar-refractivity contribution is -0.0793. The zero-order chi connectivity index (χ0) is 14.4. The van der Waals surface area contributed by atoms with E-state index in [4.69, 9.17) is 25.3 Å². The standard InChI is InChI=1S/C14H10N4O2/c15-5-10(6-16)13(7-17)18-12-3-1-2-4-14(12)20-11-8-19-9-11/h1-4,11,18H,8-9H2. The van der Waals surface area contributed by atoms with Gasteiger partial charge in [0.1, 0.15) is 35.8 Å². The number of hydrogen-bond acceptors (Lipinski definition) is 6. The minimum Gasteiger partial charge on any atom is -0.483 e. The van der Waals surface area contributed by atoms with Crippen molar-refractivity contribution in [2.45, 2.75) is 6.10 Å². The highest BCUT2D eigenvalue weighted by atomic mass is 16.6. The highest BCUT2D eigenvalue weighted by Crippen LogP contribution is 2.27. The van der Waals surface area contributed by atoms with Gasteiger partial charge in [0.2, 0.25) is 0 Å². The number of nitrogens with zero attached hydrogens (tertiary/aromatic N) is 3. The average Bonchev–Trinajstić information content (AvgIpc) is 2.44. The first-order chi connectivity index (χ1) is 9.78. The molecule has 0 atom stereocenters. The van der Waals surface area contributed by atoms with E-state index in [2.05, 4.69) is 5.32 Å². The van der Waals surface area contributed by atoms with Crippen molar-refractivity contribution in [2.75, 3.05) is 18.5 Å². The quantitative estimate of drug-likeness (QED) is 0.832. The summed E-state index contributed by atoms with van der Waals surface area (Å²) < 4.78 is 10.7. The van der Waals surface area contributed by atoms with Crippen LogP contribution in [-0.4, -0.2) is 19.3 Å². The monoisotopic (exact) mass is 266 g/mol. The van der Waals surface area contributed by atoms with E-state index in [1.165, 1.54) is 0 Å². The number of para-hydroxylation sites is 2. The number of anilines is 1. The van der Waals surface area contributed by atoms with Crippen LogP contribution in [0.25, 0.3) is 0 Å². The zero-order valence-electron chi connectivity index (χ0n) is 10.5. The van der Waals surface area contributed by atoms with E-state index in [1.54, 1.807) is 42.5 Å². The highest BCUT2D eigenvalue weighted by Gasteiger charge is 2.21. The van der Waals surface area contributed by atoms with Crippen LogP contribution in [0.15, 0.2) is 35.5 Å². The van der Waals surface area contributed by atoms with E-state index in [-0.39, 0.29) is 17.4 Å². The molecule has 1 saturated heterocycles. The largest absolute Gasteiger partial charge is 0.483 e. The van der Waals surface area contributed by atoms with Gasteiger partial charge in [0.15, 0.2) is 5.57 Å². The average molecular weight is 266 g/mol. The number of nitriles is 3. The Bertz CT molecular complexity index is 641. The van der Waals surface area contributed by atoms with Crippen molar-refractivity contribution < 1.29 is 9.47 Å². The maximum Gasteiger partial charge on any atom is 0.163 e. The van der Waals surface area contributed by atoms with Gasteiger partial charge in [-0.2, -0.15) is 15.8 Å². The lowest BCUT2D eigenvalue weighted by Gasteiger charge is -2.27. The van der Waals surface area contributed by atoms with Gasteiger partial charge in [-0.15, -0.1) is 0 Å². The van der Waals surface area contributed by atoms with Crippen LogP contribution in [0.5, 0.6) is 5.75 Å². The van der Waals surface area contributed by atoms with Crippen molar-refractivity contribution in [3.63, 3.8) is 0 Å². The summed E-state index contributed by atoms with van der Waals surface area (Å²) >= 11 is 0. The Morgan fingerprint density at radius 1 is 1.15 bits per heavy atom. The lowest BCUT2D eigenvalue weighted by atomic mass is 10.2. The molecule has 1 aliphatic rings. The number of ether oxygens (including phenoxy) is 2. The van der Waals surface area contributed by atoms with Crippen LogP contribution in [0.4, 0.5) is 5.69 Å².